The molecule has 0 spiro atoms. The summed E-state index contributed by atoms with van der Waals surface area (Å²) >= 11 is 0. The highest BCUT2D eigenvalue weighted by molar-refractivity contribution is 6.21. The van der Waals surface area contributed by atoms with Gasteiger partial charge in [0.15, 0.2) is 0 Å². The zero-order valence-corrected chi connectivity index (χ0v) is 10.7. The molecule has 5 heteroatoms. The van der Waals surface area contributed by atoms with Gasteiger partial charge in [-0.05, 0) is 12.1 Å². The molecule has 0 atom stereocenters. The summed E-state index contributed by atoms with van der Waals surface area (Å²) in [6.45, 7) is 4.71. The summed E-state index contributed by atoms with van der Waals surface area (Å²) in [4.78, 5) is 27.1. The third-order valence-corrected chi connectivity index (χ3v) is 3.77. The van der Waals surface area contributed by atoms with E-state index in [9.17, 15) is 9.59 Å². The molecular weight excluding hydrogens is 244 g/mol. The second-order valence-electron chi connectivity index (χ2n) is 4.92. The van der Waals surface area contributed by atoms with Crippen molar-refractivity contribution in [1.82, 2.24) is 4.90 Å². The Bertz CT molecular complexity index is 474. The van der Waals surface area contributed by atoms with Gasteiger partial charge in [0.05, 0.1) is 37.4 Å². The molecule has 1 fully saturated rings. The molecule has 2 heterocycles. The monoisotopic (exact) mass is 261 g/mol. The van der Waals surface area contributed by atoms with Crippen LogP contribution in [0.15, 0.2) is 24.3 Å². The number of hydrogen-bond donors (Lipinski definition) is 1. The lowest BCUT2D eigenvalue weighted by atomic mass is 10.1. The number of carbonyl (C=O) groups is 2. The van der Waals surface area contributed by atoms with Crippen LogP contribution < -0.4 is 4.90 Å². The van der Waals surface area contributed by atoms with Crippen molar-refractivity contribution in [2.45, 2.75) is 0 Å². The van der Waals surface area contributed by atoms with E-state index in [-0.39, 0.29) is 11.8 Å². The molecule has 0 bridgehead atoms. The topological polar surface area (TPSA) is 51.0 Å². The number of carbonyl (C=O) groups excluding carboxylic acids is 2. The fourth-order valence-electron chi connectivity index (χ4n) is 2.62. The molecule has 1 saturated heterocycles. The first kappa shape index (κ1) is 12.3. The first-order valence-electron chi connectivity index (χ1n) is 6.64. The molecule has 1 N–H and O–H groups in total. The predicted molar refractivity (Wildman–Crippen MR) is 68.2 cm³/mol. The molecular formula is C14H17N2O3+. The van der Waals surface area contributed by atoms with Crippen molar-refractivity contribution in [3.8, 4) is 0 Å². The highest BCUT2D eigenvalue weighted by atomic mass is 16.5. The van der Waals surface area contributed by atoms with E-state index < -0.39 is 0 Å². The summed E-state index contributed by atoms with van der Waals surface area (Å²) in [5.41, 5.74) is 1.06. The van der Waals surface area contributed by atoms with Crippen LogP contribution in [-0.2, 0) is 4.74 Å². The van der Waals surface area contributed by atoms with Crippen LogP contribution in [0.25, 0.3) is 0 Å². The average Bonchev–Trinajstić information content (AvgIpc) is 2.71. The smallest absolute Gasteiger partial charge is 0.261 e. The molecule has 0 aromatic heterocycles. The Morgan fingerprint density at radius 1 is 1.05 bits per heavy atom. The van der Waals surface area contributed by atoms with Gasteiger partial charge >= 0.3 is 0 Å². The number of rotatable bonds is 3. The number of benzene rings is 1. The lowest BCUT2D eigenvalue weighted by Gasteiger charge is -2.25. The third kappa shape index (κ3) is 2.27. The van der Waals surface area contributed by atoms with E-state index in [0.29, 0.717) is 17.7 Å². The number of fused-ring (bicyclic) bond motifs is 1. The third-order valence-electron chi connectivity index (χ3n) is 3.77. The maximum atomic E-state index is 12.2. The Morgan fingerprint density at radius 3 is 2.21 bits per heavy atom. The lowest BCUT2D eigenvalue weighted by Crippen LogP contribution is -3.14. The van der Waals surface area contributed by atoms with Crippen molar-refractivity contribution in [1.29, 1.82) is 0 Å². The SMILES string of the molecule is O=C1c2ccccc2C(=O)N1CC[NH+]1CCOCC1. The van der Waals surface area contributed by atoms with Crippen LogP contribution in [0.3, 0.4) is 0 Å². The van der Waals surface area contributed by atoms with Gasteiger partial charge in [-0.3, -0.25) is 14.5 Å². The number of quaternary nitrogens is 1. The van der Waals surface area contributed by atoms with Gasteiger partial charge in [-0.15, -0.1) is 0 Å². The van der Waals surface area contributed by atoms with Crippen LogP contribution >= 0.6 is 0 Å². The summed E-state index contributed by atoms with van der Waals surface area (Å²) in [5.74, 6) is -0.318. The molecule has 0 aliphatic carbocycles. The number of nitrogens with zero attached hydrogens (tertiary/aromatic N) is 1. The van der Waals surface area contributed by atoms with Gasteiger partial charge in [0.2, 0.25) is 0 Å². The number of morpholine rings is 1. The Morgan fingerprint density at radius 2 is 1.63 bits per heavy atom. The van der Waals surface area contributed by atoms with Gasteiger partial charge in [0.25, 0.3) is 11.8 Å². The summed E-state index contributed by atoms with van der Waals surface area (Å²) in [5, 5.41) is 0. The normalized spacial score (nSPS) is 19.9. The van der Waals surface area contributed by atoms with Crippen LogP contribution in [-0.4, -0.2) is 56.1 Å². The summed E-state index contributed by atoms with van der Waals surface area (Å²) < 4.78 is 5.30. The summed E-state index contributed by atoms with van der Waals surface area (Å²) in [7, 11) is 0. The van der Waals surface area contributed by atoms with E-state index in [1.807, 2.05) is 0 Å². The summed E-state index contributed by atoms with van der Waals surface area (Å²) in [6, 6.07) is 7.02. The van der Waals surface area contributed by atoms with E-state index in [2.05, 4.69) is 0 Å². The molecule has 1 aromatic rings. The van der Waals surface area contributed by atoms with E-state index in [0.717, 1.165) is 32.8 Å². The Balaban J connectivity index is 1.67. The predicted octanol–water partition coefficient (Wildman–Crippen LogP) is -0.802. The molecule has 100 valence electrons. The first-order valence-corrected chi connectivity index (χ1v) is 6.64. The van der Waals surface area contributed by atoms with Gasteiger partial charge in [0.1, 0.15) is 13.1 Å². The van der Waals surface area contributed by atoms with Gasteiger partial charge < -0.3 is 9.64 Å². The minimum atomic E-state index is -0.159. The Kier molecular flexibility index (Phi) is 3.31. The van der Waals surface area contributed by atoms with Gasteiger partial charge in [-0.1, -0.05) is 12.1 Å². The molecule has 2 amide bonds. The van der Waals surface area contributed by atoms with E-state index in [1.165, 1.54) is 9.80 Å². The van der Waals surface area contributed by atoms with Crippen LogP contribution in [0.2, 0.25) is 0 Å². The zero-order valence-electron chi connectivity index (χ0n) is 10.7. The molecule has 3 rings (SSSR count). The highest BCUT2D eigenvalue weighted by Gasteiger charge is 2.35. The van der Waals surface area contributed by atoms with Gasteiger partial charge in [0, 0.05) is 0 Å². The fourth-order valence-corrected chi connectivity index (χ4v) is 2.62. The first-order chi connectivity index (χ1) is 9.27. The van der Waals surface area contributed by atoms with Gasteiger partial charge in [-0.2, -0.15) is 0 Å². The van der Waals surface area contributed by atoms with Crippen molar-refractivity contribution < 1.29 is 19.2 Å². The van der Waals surface area contributed by atoms with Crippen molar-refractivity contribution in [3.63, 3.8) is 0 Å². The van der Waals surface area contributed by atoms with Crippen molar-refractivity contribution in [3.05, 3.63) is 35.4 Å². The molecule has 19 heavy (non-hydrogen) atoms. The standard InChI is InChI=1S/C14H16N2O3/c17-13-11-3-1-2-4-12(11)14(18)16(13)6-5-15-7-9-19-10-8-15/h1-4H,5-10H2/p+1. The number of nitrogens with one attached hydrogen (secondary N) is 1. The Labute approximate surface area is 111 Å². The minimum absolute atomic E-state index is 0.159. The number of hydrogen-bond acceptors (Lipinski definition) is 3. The number of amides is 2. The molecule has 5 nitrogen and oxygen atoms in total. The van der Waals surface area contributed by atoms with Crippen molar-refractivity contribution >= 4 is 11.8 Å². The molecule has 0 unspecified atom stereocenters. The average molecular weight is 261 g/mol. The molecule has 2 aliphatic rings. The second-order valence-corrected chi connectivity index (χ2v) is 4.92. The molecule has 0 radical (unpaired) electrons. The molecule has 0 saturated carbocycles. The fraction of sp³-hybridized carbons (Fsp3) is 0.429. The zero-order chi connectivity index (χ0) is 13.2. The molecule has 1 aromatic carbocycles. The van der Waals surface area contributed by atoms with Crippen LogP contribution in [0.1, 0.15) is 20.7 Å². The van der Waals surface area contributed by atoms with Gasteiger partial charge in [-0.25, -0.2) is 0 Å². The molecule has 2 aliphatic heterocycles. The van der Waals surface area contributed by atoms with Crippen molar-refractivity contribution in [2.75, 3.05) is 39.4 Å². The van der Waals surface area contributed by atoms with Crippen LogP contribution in [0, 0.1) is 0 Å². The number of imide groups is 1. The summed E-state index contributed by atoms with van der Waals surface area (Å²) in [6.07, 6.45) is 0. The largest absolute Gasteiger partial charge is 0.370 e. The minimum Gasteiger partial charge on any atom is -0.370 e. The Hall–Kier alpha value is -1.72. The maximum Gasteiger partial charge on any atom is 0.261 e. The van der Waals surface area contributed by atoms with Crippen molar-refractivity contribution in [2.24, 2.45) is 0 Å². The van der Waals surface area contributed by atoms with Crippen LogP contribution in [0.5, 0.6) is 0 Å². The second kappa shape index (κ2) is 5.11. The van der Waals surface area contributed by atoms with E-state index in [4.69, 9.17) is 4.74 Å². The highest BCUT2D eigenvalue weighted by Crippen LogP contribution is 2.21. The lowest BCUT2D eigenvalue weighted by molar-refractivity contribution is -0.907. The van der Waals surface area contributed by atoms with E-state index in [1.54, 1.807) is 24.3 Å². The van der Waals surface area contributed by atoms with Crippen LogP contribution in [0.4, 0.5) is 0 Å². The number of ether oxygens (including phenoxy) is 1. The van der Waals surface area contributed by atoms with E-state index >= 15 is 0 Å². The maximum absolute atomic E-state index is 12.2. The quantitative estimate of drug-likeness (QED) is 0.725.